The van der Waals surface area contributed by atoms with E-state index >= 15 is 0 Å². The highest BCUT2D eigenvalue weighted by Crippen LogP contribution is 2.22. The largest absolute Gasteiger partial charge is 0.492 e. The first-order valence-corrected chi connectivity index (χ1v) is 6.71. The summed E-state index contributed by atoms with van der Waals surface area (Å²) >= 11 is 11.4. The van der Waals surface area contributed by atoms with E-state index in [2.05, 4.69) is 0 Å². The first-order chi connectivity index (χ1) is 9.22. The molecule has 2 aromatic rings. The van der Waals surface area contributed by atoms with Crippen molar-refractivity contribution < 1.29 is 9.53 Å². The van der Waals surface area contributed by atoms with Crippen LogP contribution >= 0.6 is 23.2 Å². The van der Waals surface area contributed by atoms with Crippen LogP contribution in [0.4, 0.5) is 0 Å². The van der Waals surface area contributed by atoms with Crippen LogP contribution in [0.3, 0.4) is 0 Å². The second-order valence-electron chi connectivity index (χ2n) is 3.87. The number of rotatable bonds is 5. The van der Waals surface area contributed by atoms with Crippen molar-refractivity contribution in [1.29, 1.82) is 0 Å². The van der Waals surface area contributed by atoms with Crippen molar-refractivity contribution in [3.63, 3.8) is 0 Å². The number of carbonyl (C=O) groups is 1. The molecule has 0 aliphatic heterocycles. The molecule has 0 bridgehead atoms. The van der Waals surface area contributed by atoms with Gasteiger partial charge in [0, 0.05) is 10.6 Å². The summed E-state index contributed by atoms with van der Waals surface area (Å²) in [4.78, 5) is 12.4. The van der Waals surface area contributed by atoms with Crippen molar-refractivity contribution in [2.24, 2.45) is 0 Å². The summed E-state index contributed by atoms with van der Waals surface area (Å²) in [6, 6.07) is 13.9. The number of hydrogen-bond acceptors (Lipinski definition) is 2. The fraction of sp³-hybridized carbons (Fsp3) is 0.133. The Morgan fingerprint density at radius 1 is 1.05 bits per heavy atom. The third-order valence-electron chi connectivity index (χ3n) is 2.57. The molecule has 0 atom stereocenters. The molecule has 0 saturated heterocycles. The van der Waals surface area contributed by atoms with Gasteiger partial charge >= 0.3 is 0 Å². The van der Waals surface area contributed by atoms with Crippen LogP contribution in [0.15, 0.2) is 48.5 Å². The first-order valence-electron chi connectivity index (χ1n) is 5.80. The normalized spacial score (nSPS) is 10.2. The molecule has 0 unspecified atom stereocenters. The Balaban J connectivity index is 2.30. The average molecular weight is 295 g/mol. The van der Waals surface area contributed by atoms with Crippen molar-refractivity contribution >= 4 is 29.0 Å². The zero-order chi connectivity index (χ0) is 13.7. The van der Waals surface area contributed by atoms with Gasteiger partial charge in [-0.2, -0.15) is 0 Å². The first kappa shape index (κ1) is 13.9. The van der Waals surface area contributed by atoms with Crippen LogP contribution in [0.1, 0.15) is 15.9 Å². The van der Waals surface area contributed by atoms with E-state index in [4.69, 9.17) is 27.9 Å². The van der Waals surface area contributed by atoms with Gasteiger partial charge in [0.15, 0.2) is 5.78 Å². The maximum absolute atomic E-state index is 12.4. The van der Waals surface area contributed by atoms with Crippen LogP contribution in [0.25, 0.3) is 0 Å². The monoisotopic (exact) mass is 294 g/mol. The summed E-state index contributed by atoms with van der Waals surface area (Å²) in [5, 5.41) is 0.600. The van der Waals surface area contributed by atoms with E-state index in [1.54, 1.807) is 42.5 Å². The Morgan fingerprint density at radius 2 is 1.74 bits per heavy atom. The molecular weight excluding hydrogens is 283 g/mol. The van der Waals surface area contributed by atoms with Gasteiger partial charge in [-0.25, -0.2) is 0 Å². The van der Waals surface area contributed by atoms with Crippen LogP contribution in [-0.2, 0) is 0 Å². The molecule has 0 saturated carbocycles. The zero-order valence-electron chi connectivity index (χ0n) is 10.1. The minimum Gasteiger partial charge on any atom is -0.492 e. The number of hydrogen-bond donors (Lipinski definition) is 0. The standard InChI is InChI=1S/C15H12Cl2O2/c16-9-10-19-14-4-2-1-3-13(14)15(18)11-5-7-12(17)8-6-11/h1-8H,9-10H2. The second kappa shape index (κ2) is 6.60. The van der Waals surface area contributed by atoms with Gasteiger partial charge in [0.05, 0.1) is 11.4 Å². The lowest BCUT2D eigenvalue weighted by Crippen LogP contribution is -2.06. The molecule has 0 radical (unpaired) electrons. The summed E-state index contributed by atoms with van der Waals surface area (Å²) in [7, 11) is 0. The quantitative estimate of drug-likeness (QED) is 0.610. The van der Waals surface area contributed by atoms with E-state index in [9.17, 15) is 4.79 Å². The molecule has 2 aromatic carbocycles. The predicted molar refractivity (Wildman–Crippen MR) is 77.5 cm³/mol. The molecule has 0 aliphatic rings. The Kier molecular flexibility index (Phi) is 4.83. The van der Waals surface area contributed by atoms with E-state index in [-0.39, 0.29) is 5.78 Å². The van der Waals surface area contributed by atoms with Gasteiger partial charge in [0.25, 0.3) is 0 Å². The fourth-order valence-electron chi connectivity index (χ4n) is 1.69. The number of ketones is 1. The van der Waals surface area contributed by atoms with Crippen LogP contribution in [0.5, 0.6) is 5.75 Å². The molecule has 0 spiro atoms. The molecule has 0 fully saturated rings. The Hall–Kier alpha value is -1.51. The number of para-hydroxylation sites is 1. The molecule has 98 valence electrons. The number of benzene rings is 2. The topological polar surface area (TPSA) is 26.3 Å². The van der Waals surface area contributed by atoms with E-state index in [1.165, 1.54) is 0 Å². The summed E-state index contributed by atoms with van der Waals surface area (Å²) in [6.45, 7) is 0.368. The van der Waals surface area contributed by atoms with Gasteiger partial charge in [-0.3, -0.25) is 4.79 Å². The number of carbonyl (C=O) groups excluding carboxylic acids is 1. The average Bonchev–Trinajstić information content (AvgIpc) is 2.45. The Labute approximate surface area is 121 Å². The number of ether oxygens (including phenoxy) is 1. The lowest BCUT2D eigenvalue weighted by Gasteiger charge is -2.09. The van der Waals surface area contributed by atoms with E-state index in [0.717, 1.165) is 0 Å². The molecule has 0 aromatic heterocycles. The van der Waals surface area contributed by atoms with E-state index < -0.39 is 0 Å². The molecule has 4 heteroatoms. The van der Waals surface area contributed by atoms with Gasteiger partial charge in [0.2, 0.25) is 0 Å². The highest BCUT2D eigenvalue weighted by molar-refractivity contribution is 6.30. The van der Waals surface area contributed by atoms with E-state index in [1.807, 2.05) is 6.07 Å². The van der Waals surface area contributed by atoms with Crippen molar-refractivity contribution in [1.82, 2.24) is 0 Å². The second-order valence-corrected chi connectivity index (χ2v) is 4.68. The fourth-order valence-corrected chi connectivity index (χ4v) is 1.89. The van der Waals surface area contributed by atoms with Crippen molar-refractivity contribution in [2.45, 2.75) is 0 Å². The van der Waals surface area contributed by atoms with Gasteiger partial charge in [-0.1, -0.05) is 23.7 Å². The summed E-state index contributed by atoms with van der Waals surface area (Å²) in [6.07, 6.45) is 0. The van der Waals surface area contributed by atoms with Crippen molar-refractivity contribution in [2.75, 3.05) is 12.5 Å². The van der Waals surface area contributed by atoms with Crippen molar-refractivity contribution in [3.8, 4) is 5.75 Å². The summed E-state index contributed by atoms with van der Waals surface area (Å²) in [5.41, 5.74) is 1.10. The molecule has 0 aliphatic carbocycles. The third-order valence-corrected chi connectivity index (χ3v) is 2.98. The minimum atomic E-state index is -0.0955. The number of alkyl halides is 1. The number of halogens is 2. The maximum atomic E-state index is 12.4. The van der Waals surface area contributed by atoms with Gasteiger partial charge in [-0.05, 0) is 36.4 Å². The predicted octanol–water partition coefficient (Wildman–Crippen LogP) is 4.19. The lowest BCUT2D eigenvalue weighted by molar-refractivity contribution is 0.103. The third kappa shape index (κ3) is 3.49. The van der Waals surface area contributed by atoms with Gasteiger partial charge < -0.3 is 4.74 Å². The molecule has 2 nitrogen and oxygen atoms in total. The Bertz CT molecular complexity index is 565. The van der Waals surface area contributed by atoms with Gasteiger partial charge in [-0.15, -0.1) is 11.6 Å². The smallest absolute Gasteiger partial charge is 0.196 e. The highest BCUT2D eigenvalue weighted by Gasteiger charge is 2.14. The van der Waals surface area contributed by atoms with Crippen LogP contribution in [0, 0.1) is 0 Å². The van der Waals surface area contributed by atoms with Crippen LogP contribution in [0.2, 0.25) is 5.02 Å². The van der Waals surface area contributed by atoms with Crippen LogP contribution < -0.4 is 4.74 Å². The van der Waals surface area contributed by atoms with Crippen LogP contribution in [-0.4, -0.2) is 18.3 Å². The zero-order valence-corrected chi connectivity index (χ0v) is 11.6. The van der Waals surface area contributed by atoms with Gasteiger partial charge in [0.1, 0.15) is 12.4 Å². The molecule has 19 heavy (non-hydrogen) atoms. The molecular formula is C15H12Cl2O2. The lowest BCUT2D eigenvalue weighted by atomic mass is 10.0. The molecule has 2 rings (SSSR count). The maximum Gasteiger partial charge on any atom is 0.196 e. The molecule has 0 heterocycles. The molecule has 0 N–H and O–H groups in total. The minimum absolute atomic E-state index is 0.0955. The summed E-state index contributed by atoms with van der Waals surface area (Å²) in [5.74, 6) is 0.827. The van der Waals surface area contributed by atoms with Crippen molar-refractivity contribution in [3.05, 3.63) is 64.7 Å². The SMILES string of the molecule is O=C(c1ccc(Cl)cc1)c1ccccc1OCCCl. The molecule has 0 amide bonds. The summed E-state index contributed by atoms with van der Waals surface area (Å²) < 4.78 is 5.47. The Morgan fingerprint density at radius 3 is 2.42 bits per heavy atom. The highest BCUT2D eigenvalue weighted by atomic mass is 35.5. The van der Waals surface area contributed by atoms with E-state index in [0.29, 0.717) is 34.4 Å².